The summed E-state index contributed by atoms with van der Waals surface area (Å²) in [5.74, 6) is -0.522. The van der Waals surface area contributed by atoms with Crippen LogP contribution in [0, 0.1) is 0 Å². The van der Waals surface area contributed by atoms with E-state index in [1.807, 2.05) is 12.1 Å². The van der Waals surface area contributed by atoms with Crippen LogP contribution >= 0.6 is 0 Å². The van der Waals surface area contributed by atoms with Gasteiger partial charge in [0.25, 0.3) is 5.91 Å². The Kier molecular flexibility index (Phi) is 7.10. The first kappa shape index (κ1) is 27.1. The van der Waals surface area contributed by atoms with E-state index in [4.69, 9.17) is 9.15 Å². The van der Waals surface area contributed by atoms with Crippen LogP contribution < -0.4 is 15.8 Å². The summed E-state index contributed by atoms with van der Waals surface area (Å²) < 4.78 is 39.1. The maximum Gasteiger partial charge on any atom is 0.336 e. The van der Waals surface area contributed by atoms with Crippen LogP contribution in [0.3, 0.4) is 0 Å². The summed E-state index contributed by atoms with van der Waals surface area (Å²) in [6.45, 7) is 1.25. The zero-order valence-electron chi connectivity index (χ0n) is 22.5. The Hall–Kier alpha value is -4.06. The summed E-state index contributed by atoms with van der Waals surface area (Å²) in [5, 5.41) is 4.92. The van der Waals surface area contributed by atoms with Gasteiger partial charge in [-0.25, -0.2) is 13.2 Å². The van der Waals surface area contributed by atoms with Gasteiger partial charge in [0, 0.05) is 60.3 Å². The number of anilines is 2. The molecule has 0 saturated carbocycles. The molecule has 212 valence electrons. The Bertz CT molecular complexity index is 1850. The molecule has 1 N–H and O–H groups in total. The molecule has 6 rings (SSSR count). The SMILES string of the molecule is COCCCN1C(=O)c2cccc3c(NC(=O)C4CCCCN4S(=O)(=O)c4ccc5oc(=O)ccc5c4)ccc1c23. The summed E-state index contributed by atoms with van der Waals surface area (Å²) in [6.07, 6.45) is 2.41. The molecule has 1 atom stereocenters. The molecule has 41 heavy (non-hydrogen) atoms. The third-order valence-electron chi connectivity index (χ3n) is 7.73. The number of fused-ring (bicyclic) bond motifs is 1. The standard InChI is InChI=1S/C30H29N3O7S/c1-39-17-5-15-32-24-12-11-23(21-6-4-7-22(28(21)24)30(32)36)31-29(35)25-8-2-3-16-33(25)41(37,38)20-10-13-26-19(18-20)9-14-27(34)40-26/h4,6-7,9-14,18,25H,2-3,5,8,15-17H2,1H3,(H,31,35). The van der Waals surface area contributed by atoms with E-state index in [2.05, 4.69) is 5.32 Å². The molecule has 1 aromatic heterocycles. The first-order valence-corrected chi connectivity index (χ1v) is 15.0. The van der Waals surface area contributed by atoms with Gasteiger partial charge in [-0.15, -0.1) is 0 Å². The number of hydrogen-bond acceptors (Lipinski definition) is 7. The Labute approximate surface area is 236 Å². The van der Waals surface area contributed by atoms with E-state index in [1.165, 1.54) is 34.6 Å². The lowest BCUT2D eigenvalue weighted by atomic mass is 10.0. The van der Waals surface area contributed by atoms with Gasteiger partial charge < -0.3 is 19.4 Å². The molecule has 1 fully saturated rings. The Morgan fingerprint density at radius 3 is 2.76 bits per heavy atom. The molecule has 2 aliphatic heterocycles. The van der Waals surface area contributed by atoms with Crippen molar-refractivity contribution in [3.8, 4) is 0 Å². The van der Waals surface area contributed by atoms with E-state index in [0.29, 0.717) is 55.5 Å². The van der Waals surface area contributed by atoms with E-state index in [1.54, 1.807) is 30.2 Å². The van der Waals surface area contributed by atoms with Crippen molar-refractivity contribution in [2.75, 3.05) is 37.0 Å². The highest BCUT2D eigenvalue weighted by atomic mass is 32.2. The van der Waals surface area contributed by atoms with Crippen LogP contribution in [-0.2, 0) is 19.6 Å². The number of hydrogen-bond donors (Lipinski definition) is 1. The zero-order chi connectivity index (χ0) is 28.7. The number of nitrogens with zero attached hydrogens (tertiary/aromatic N) is 2. The van der Waals surface area contributed by atoms with Crippen molar-refractivity contribution in [2.45, 2.75) is 36.6 Å². The fourth-order valence-corrected chi connectivity index (χ4v) is 7.45. The summed E-state index contributed by atoms with van der Waals surface area (Å²) in [5.41, 5.74) is 1.63. The predicted molar refractivity (Wildman–Crippen MR) is 155 cm³/mol. The van der Waals surface area contributed by atoms with Gasteiger partial charge in [-0.3, -0.25) is 9.59 Å². The van der Waals surface area contributed by atoms with Crippen LogP contribution in [0.25, 0.3) is 21.7 Å². The van der Waals surface area contributed by atoms with Crippen molar-refractivity contribution in [3.05, 3.63) is 76.6 Å². The number of carbonyl (C=O) groups is 2. The molecule has 3 heterocycles. The number of methoxy groups -OCH3 is 1. The smallest absolute Gasteiger partial charge is 0.336 e. The maximum atomic E-state index is 13.8. The molecule has 11 heteroatoms. The number of nitrogens with one attached hydrogen (secondary N) is 1. The zero-order valence-corrected chi connectivity index (χ0v) is 23.3. The average molecular weight is 576 g/mol. The molecule has 1 saturated heterocycles. The molecule has 0 aliphatic carbocycles. The number of piperidine rings is 1. The summed E-state index contributed by atoms with van der Waals surface area (Å²) in [4.78, 5) is 40.1. The second-order valence-electron chi connectivity index (χ2n) is 10.2. The summed E-state index contributed by atoms with van der Waals surface area (Å²) in [6, 6.07) is 15.1. The van der Waals surface area contributed by atoms with Crippen molar-refractivity contribution in [1.82, 2.24) is 4.31 Å². The van der Waals surface area contributed by atoms with Gasteiger partial charge in [-0.2, -0.15) is 4.31 Å². The molecule has 2 aliphatic rings. The second-order valence-corrected chi connectivity index (χ2v) is 12.1. The number of sulfonamides is 1. The molecule has 0 bridgehead atoms. The number of ether oxygens (including phenoxy) is 1. The minimum Gasteiger partial charge on any atom is -0.423 e. The average Bonchev–Trinajstić information content (AvgIpc) is 3.25. The molecule has 0 radical (unpaired) electrons. The topological polar surface area (TPSA) is 126 Å². The first-order chi connectivity index (χ1) is 19.8. The van der Waals surface area contributed by atoms with Gasteiger partial charge in [0.05, 0.1) is 10.6 Å². The van der Waals surface area contributed by atoms with E-state index < -0.39 is 27.6 Å². The molecule has 1 unspecified atom stereocenters. The van der Waals surface area contributed by atoms with Gasteiger partial charge >= 0.3 is 5.63 Å². The van der Waals surface area contributed by atoms with Gasteiger partial charge in [-0.1, -0.05) is 18.6 Å². The highest BCUT2D eigenvalue weighted by molar-refractivity contribution is 7.89. The van der Waals surface area contributed by atoms with Crippen LogP contribution in [0.4, 0.5) is 11.4 Å². The maximum absolute atomic E-state index is 13.8. The normalized spacial score (nSPS) is 17.4. The van der Waals surface area contributed by atoms with E-state index in [0.717, 1.165) is 16.5 Å². The number of carbonyl (C=O) groups excluding carboxylic acids is 2. The Balaban J connectivity index is 1.30. The first-order valence-electron chi connectivity index (χ1n) is 13.5. The van der Waals surface area contributed by atoms with Gasteiger partial charge in [0.1, 0.15) is 11.6 Å². The van der Waals surface area contributed by atoms with E-state index >= 15 is 0 Å². The quantitative estimate of drug-likeness (QED) is 0.247. The predicted octanol–water partition coefficient (Wildman–Crippen LogP) is 4.12. The lowest BCUT2D eigenvalue weighted by molar-refractivity contribution is -0.120. The summed E-state index contributed by atoms with van der Waals surface area (Å²) in [7, 11) is -2.41. The van der Waals surface area contributed by atoms with Crippen molar-refractivity contribution in [1.29, 1.82) is 0 Å². The molecular weight excluding hydrogens is 546 g/mol. The van der Waals surface area contributed by atoms with Crippen LogP contribution in [0.2, 0.25) is 0 Å². The number of amides is 2. The molecule has 2 amide bonds. The minimum absolute atomic E-state index is 0.0240. The lowest BCUT2D eigenvalue weighted by Crippen LogP contribution is -2.49. The van der Waals surface area contributed by atoms with Crippen molar-refractivity contribution < 1.29 is 27.2 Å². The van der Waals surface area contributed by atoms with Crippen molar-refractivity contribution in [3.63, 3.8) is 0 Å². The molecule has 0 spiro atoms. The molecule has 4 aromatic rings. The monoisotopic (exact) mass is 575 g/mol. The van der Waals surface area contributed by atoms with Crippen LogP contribution in [0.5, 0.6) is 0 Å². The largest absolute Gasteiger partial charge is 0.423 e. The van der Waals surface area contributed by atoms with Crippen molar-refractivity contribution >= 4 is 55.0 Å². The third kappa shape index (κ3) is 4.79. The summed E-state index contributed by atoms with van der Waals surface area (Å²) >= 11 is 0. The molecule has 10 nitrogen and oxygen atoms in total. The number of benzene rings is 3. The highest BCUT2D eigenvalue weighted by Crippen LogP contribution is 2.41. The van der Waals surface area contributed by atoms with Gasteiger partial charge in [0.2, 0.25) is 15.9 Å². The fourth-order valence-electron chi connectivity index (χ4n) is 5.76. The second kappa shape index (κ2) is 10.7. The highest BCUT2D eigenvalue weighted by Gasteiger charge is 2.38. The van der Waals surface area contributed by atoms with E-state index in [-0.39, 0.29) is 22.9 Å². The van der Waals surface area contributed by atoms with Crippen LogP contribution in [0.1, 0.15) is 36.0 Å². The van der Waals surface area contributed by atoms with Crippen LogP contribution in [-0.4, -0.2) is 57.4 Å². The van der Waals surface area contributed by atoms with Gasteiger partial charge in [-0.05, 0) is 61.7 Å². The Morgan fingerprint density at radius 2 is 1.93 bits per heavy atom. The fraction of sp³-hybridized carbons (Fsp3) is 0.300. The Morgan fingerprint density at radius 1 is 1.07 bits per heavy atom. The van der Waals surface area contributed by atoms with Crippen LogP contribution in [0.15, 0.2) is 74.8 Å². The van der Waals surface area contributed by atoms with E-state index in [9.17, 15) is 22.8 Å². The lowest BCUT2D eigenvalue weighted by Gasteiger charge is -2.33. The third-order valence-corrected chi connectivity index (χ3v) is 9.63. The van der Waals surface area contributed by atoms with Gasteiger partial charge in [0.15, 0.2) is 0 Å². The molecule has 3 aromatic carbocycles. The van der Waals surface area contributed by atoms with Crippen molar-refractivity contribution in [2.24, 2.45) is 0 Å². The molecular formula is C30H29N3O7S. The number of rotatable bonds is 8. The minimum atomic E-state index is -4.03.